The average Bonchev–Trinajstić information content (AvgIpc) is 3.48. The van der Waals surface area contributed by atoms with Crippen LogP contribution in [-0.4, -0.2) is 21.3 Å². The predicted octanol–water partition coefficient (Wildman–Crippen LogP) is 8.65. The van der Waals surface area contributed by atoms with Crippen LogP contribution in [-0.2, 0) is 5.41 Å². The van der Waals surface area contributed by atoms with E-state index in [4.69, 9.17) is 10.1 Å². The molecule has 4 aromatic carbocycles. The fraction of sp³-hybridized carbons (Fsp3) is 0.143. The highest BCUT2D eigenvalue weighted by atomic mass is 15.4. The molecule has 0 saturated carbocycles. The van der Waals surface area contributed by atoms with Gasteiger partial charge in [-0.25, -0.2) is 9.67 Å². The molecule has 7 rings (SSSR count). The van der Waals surface area contributed by atoms with Crippen LogP contribution in [0.25, 0.3) is 17.1 Å². The van der Waals surface area contributed by atoms with Gasteiger partial charge < -0.3 is 9.80 Å². The molecular weight excluding hydrogens is 490 g/mol. The second-order valence-electron chi connectivity index (χ2n) is 10.5. The number of fused-ring (bicyclic) bond motifs is 2. The highest BCUT2D eigenvalue weighted by Crippen LogP contribution is 2.51. The number of para-hydroxylation sites is 5. The Kier molecular flexibility index (Phi) is 5.85. The van der Waals surface area contributed by atoms with Crippen LogP contribution < -0.4 is 9.80 Å². The third kappa shape index (κ3) is 3.93. The Hall–Kier alpha value is -4.90. The number of hydrogen-bond acceptors (Lipinski definition) is 4. The Morgan fingerprint density at radius 2 is 1.32 bits per heavy atom. The molecule has 5 nitrogen and oxygen atoms in total. The van der Waals surface area contributed by atoms with Gasteiger partial charge in [0.1, 0.15) is 5.82 Å². The third-order valence-corrected chi connectivity index (χ3v) is 7.90. The van der Waals surface area contributed by atoms with Crippen molar-refractivity contribution < 1.29 is 0 Å². The Morgan fingerprint density at radius 3 is 1.93 bits per heavy atom. The van der Waals surface area contributed by atoms with Crippen molar-refractivity contribution >= 4 is 28.4 Å². The number of hydrogen-bond donors (Lipinski definition) is 0. The van der Waals surface area contributed by atoms with E-state index in [0.29, 0.717) is 0 Å². The van der Waals surface area contributed by atoms with Crippen molar-refractivity contribution in [1.82, 2.24) is 14.8 Å². The van der Waals surface area contributed by atoms with E-state index in [1.54, 1.807) is 0 Å². The lowest BCUT2D eigenvalue weighted by molar-refractivity contribution is 0.536. The molecular formula is C35H31N5. The first kappa shape index (κ1) is 24.2. The van der Waals surface area contributed by atoms with E-state index in [9.17, 15) is 0 Å². The summed E-state index contributed by atoms with van der Waals surface area (Å²) in [5.41, 5.74) is 7.65. The van der Waals surface area contributed by atoms with Gasteiger partial charge in [0.2, 0.25) is 0 Å². The fourth-order valence-electron chi connectivity index (χ4n) is 5.85. The molecule has 0 N–H and O–H groups in total. The Balaban J connectivity index is 1.31. The molecule has 0 bridgehead atoms. The van der Waals surface area contributed by atoms with Gasteiger partial charge in [0, 0.05) is 23.2 Å². The number of allylic oxidation sites excluding steroid dienone is 4. The summed E-state index contributed by atoms with van der Waals surface area (Å²) in [6, 6.07) is 36.2. The zero-order valence-electron chi connectivity index (χ0n) is 22.8. The molecule has 5 aromatic rings. The number of anilines is 5. The second-order valence-corrected chi connectivity index (χ2v) is 10.5. The Bertz CT molecular complexity index is 1680. The summed E-state index contributed by atoms with van der Waals surface area (Å²) in [6.45, 7) is 5.34. The number of benzene rings is 4. The smallest absolute Gasteiger partial charge is 0.181 e. The summed E-state index contributed by atoms with van der Waals surface area (Å²) in [4.78, 5) is 9.86. The predicted molar refractivity (Wildman–Crippen MR) is 164 cm³/mol. The molecule has 1 aromatic heterocycles. The molecule has 0 radical (unpaired) electrons. The van der Waals surface area contributed by atoms with Crippen molar-refractivity contribution in [1.29, 1.82) is 0 Å². The molecule has 2 heterocycles. The molecule has 0 fully saturated rings. The molecule has 2 aliphatic rings. The van der Waals surface area contributed by atoms with E-state index in [1.807, 2.05) is 22.9 Å². The molecule has 0 amide bonds. The van der Waals surface area contributed by atoms with Gasteiger partial charge in [0.15, 0.2) is 5.82 Å². The minimum atomic E-state index is -0.234. The van der Waals surface area contributed by atoms with E-state index in [1.165, 1.54) is 22.7 Å². The summed E-state index contributed by atoms with van der Waals surface area (Å²) in [5.74, 6) is 1.67. The summed E-state index contributed by atoms with van der Waals surface area (Å²) < 4.78 is 2.00. The highest BCUT2D eigenvalue weighted by Gasteiger charge is 2.32. The molecule has 40 heavy (non-hydrogen) atoms. The maximum Gasteiger partial charge on any atom is 0.181 e. The molecule has 1 aliphatic heterocycles. The van der Waals surface area contributed by atoms with Crippen molar-refractivity contribution in [2.24, 2.45) is 0 Å². The third-order valence-electron chi connectivity index (χ3n) is 7.90. The molecule has 0 saturated heterocycles. The number of rotatable bonds is 5. The van der Waals surface area contributed by atoms with Crippen molar-refractivity contribution in [3.05, 3.63) is 133 Å². The van der Waals surface area contributed by atoms with Crippen LogP contribution in [0.3, 0.4) is 0 Å². The first-order chi connectivity index (χ1) is 19.7. The van der Waals surface area contributed by atoms with E-state index < -0.39 is 0 Å². The topological polar surface area (TPSA) is 37.2 Å². The maximum absolute atomic E-state index is 5.13. The normalized spacial score (nSPS) is 17.6. The lowest BCUT2D eigenvalue weighted by Crippen LogP contribution is -2.26. The van der Waals surface area contributed by atoms with Gasteiger partial charge in [0.25, 0.3) is 0 Å². The molecule has 1 unspecified atom stereocenters. The largest absolute Gasteiger partial charge is 0.338 e. The molecule has 1 aliphatic carbocycles. The first-order valence-corrected chi connectivity index (χ1v) is 13.9. The van der Waals surface area contributed by atoms with Gasteiger partial charge in [-0.1, -0.05) is 66.8 Å². The SMILES string of the molecule is CCN1c2ccccc2N(c2ccc(-c3nc(C4(C)C=CC=CC4)n(-c4ccccc4)n3)cc2)c2ccccc21. The van der Waals surface area contributed by atoms with E-state index in [-0.39, 0.29) is 5.41 Å². The molecule has 1 atom stereocenters. The standard InChI is InChI=1S/C35H31N5/c1-3-38-29-16-8-10-18-31(29)39(32-19-11-9-17-30(32)38)27-22-20-26(21-23-27)33-36-34(35(2)24-12-5-13-25-35)40(37-33)28-14-6-4-7-15-28/h4-24H,3,25H2,1-2H3. The second kappa shape index (κ2) is 9.69. The Labute approximate surface area is 235 Å². The Morgan fingerprint density at radius 1 is 0.700 bits per heavy atom. The summed E-state index contributed by atoms with van der Waals surface area (Å²) >= 11 is 0. The molecule has 5 heteroatoms. The summed E-state index contributed by atoms with van der Waals surface area (Å²) in [5, 5.41) is 5.03. The van der Waals surface area contributed by atoms with E-state index >= 15 is 0 Å². The number of nitrogens with zero attached hydrogens (tertiary/aromatic N) is 5. The average molecular weight is 522 g/mol. The van der Waals surface area contributed by atoms with Gasteiger partial charge in [-0.05, 0) is 80.9 Å². The molecule has 196 valence electrons. The van der Waals surface area contributed by atoms with E-state index in [0.717, 1.165) is 41.6 Å². The van der Waals surface area contributed by atoms with Gasteiger partial charge in [-0.2, -0.15) is 0 Å². The molecule has 0 spiro atoms. The fourth-order valence-corrected chi connectivity index (χ4v) is 5.85. The van der Waals surface area contributed by atoms with Crippen LogP contribution in [0.5, 0.6) is 0 Å². The first-order valence-electron chi connectivity index (χ1n) is 13.9. The van der Waals surface area contributed by atoms with Crippen molar-refractivity contribution in [3.8, 4) is 17.1 Å². The van der Waals surface area contributed by atoms with Crippen LogP contribution in [0, 0.1) is 0 Å². The zero-order chi connectivity index (χ0) is 27.1. The van der Waals surface area contributed by atoms with Crippen molar-refractivity contribution in [2.45, 2.75) is 25.7 Å². The van der Waals surface area contributed by atoms with Crippen LogP contribution in [0.1, 0.15) is 26.1 Å². The quantitative estimate of drug-likeness (QED) is 0.232. The zero-order valence-corrected chi connectivity index (χ0v) is 22.8. The van der Waals surface area contributed by atoms with Crippen LogP contribution in [0.4, 0.5) is 28.4 Å². The summed E-state index contributed by atoms with van der Waals surface area (Å²) in [7, 11) is 0. The summed E-state index contributed by atoms with van der Waals surface area (Å²) in [6.07, 6.45) is 9.52. The van der Waals surface area contributed by atoms with Gasteiger partial charge in [0.05, 0.1) is 28.4 Å². The van der Waals surface area contributed by atoms with Gasteiger partial charge in [-0.15, -0.1) is 5.10 Å². The minimum Gasteiger partial charge on any atom is -0.338 e. The van der Waals surface area contributed by atoms with Crippen molar-refractivity contribution in [3.63, 3.8) is 0 Å². The van der Waals surface area contributed by atoms with Crippen molar-refractivity contribution in [2.75, 3.05) is 16.3 Å². The van der Waals surface area contributed by atoms with Crippen LogP contribution in [0.2, 0.25) is 0 Å². The monoisotopic (exact) mass is 521 g/mol. The van der Waals surface area contributed by atoms with Gasteiger partial charge >= 0.3 is 0 Å². The minimum absolute atomic E-state index is 0.234. The lowest BCUT2D eigenvalue weighted by Gasteiger charge is -2.39. The van der Waals surface area contributed by atoms with Crippen LogP contribution in [0.15, 0.2) is 127 Å². The lowest BCUT2D eigenvalue weighted by atomic mass is 9.83. The number of aromatic nitrogens is 3. The van der Waals surface area contributed by atoms with Crippen LogP contribution >= 0.6 is 0 Å². The highest BCUT2D eigenvalue weighted by molar-refractivity contribution is 5.97. The van der Waals surface area contributed by atoms with E-state index in [2.05, 4.69) is 133 Å². The maximum atomic E-state index is 5.13. The van der Waals surface area contributed by atoms with Gasteiger partial charge in [-0.3, -0.25) is 0 Å².